The predicted molar refractivity (Wildman–Crippen MR) is 104 cm³/mol. The lowest BCUT2D eigenvalue weighted by Gasteiger charge is -2.24. The molecule has 0 aliphatic carbocycles. The van der Waals surface area contributed by atoms with E-state index in [1.54, 1.807) is 0 Å². The van der Waals surface area contributed by atoms with Gasteiger partial charge in [0, 0.05) is 30.5 Å². The summed E-state index contributed by atoms with van der Waals surface area (Å²) in [6, 6.07) is 29.0. The molecule has 0 atom stereocenters. The van der Waals surface area contributed by atoms with Crippen molar-refractivity contribution < 1.29 is 0 Å². The van der Waals surface area contributed by atoms with Crippen LogP contribution in [0.15, 0.2) is 84.9 Å². The maximum atomic E-state index is 3.59. The van der Waals surface area contributed by atoms with Gasteiger partial charge < -0.3 is 16.0 Å². The van der Waals surface area contributed by atoms with Gasteiger partial charge in [0.15, 0.2) is 0 Å². The fourth-order valence-corrected chi connectivity index (χ4v) is 2.77. The highest BCUT2D eigenvalue weighted by Gasteiger charge is 2.11. The smallest absolute Gasteiger partial charge is 0.101 e. The van der Waals surface area contributed by atoms with Crippen LogP contribution in [0.5, 0.6) is 0 Å². The van der Waals surface area contributed by atoms with Crippen LogP contribution in [0.25, 0.3) is 0 Å². The van der Waals surface area contributed by atoms with E-state index in [0.717, 1.165) is 23.5 Å². The molecule has 0 unspecified atom stereocenters. The van der Waals surface area contributed by atoms with E-state index in [2.05, 4.69) is 64.5 Å². The van der Waals surface area contributed by atoms with E-state index in [9.17, 15) is 0 Å². The molecule has 0 saturated carbocycles. The second-order valence-corrected chi connectivity index (χ2v) is 5.68. The molecule has 0 aromatic heterocycles. The molecular formula is C21H23N3. The van der Waals surface area contributed by atoms with Crippen LogP contribution in [0.3, 0.4) is 0 Å². The summed E-state index contributed by atoms with van der Waals surface area (Å²) < 4.78 is 0. The third-order valence-electron chi connectivity index (χ3n) is 3.94. The summed E-state index contributed by atoms with van der Waals surface area (Å²) in [6.45, 7) is 0. The van der Waals surface area contributed by atoms with Crippen molar-refractivity contribution in [2.45, 2.75) is 12.6 Å². The van der Waals surface area contributed by atoms with E-state index in [1.165, 1.54) is 5.56 Å². The molecule has 122 valence electrons. The zero-order valence-electron chi connectivity index (χ0n) is 13.9. The largest absolute Gasteiger partial charge is 0.388 e. The quantitative estimate of drug-likeness (QED) is 0.547. The van der Waals surface area contributed by atoms with Crippen LogP contribution >= 0.6 is 0 Å². The van der Waals surface area contributed by atoms with E-state index in [0.29, 0.717) is 0 Å². The zero-order chi connectivity index (χ0) is 16.6. The second kappa shape index (κ2) is 8.06. The maximum absolute atomic E-state index is 3.59. The number of nitrogens with one attached hydrogen (secondary N) is 3. The molecule has 0 spiro atoms. The van der Waals surface area contributed by atoms with Crippen LogP contribution < -0.4 is 16.0 Å². The van der Waals surface area contributed by atoms with E-state index in [4.69, 9.17) is 0 Å². The standard InChI is InChI=1S/C21H23N3/c1-22-20-15-9-8-10-17(20)16-21(23-18-11-4-2-5-12-18)24-19-13-6-3-7-14-19/h2-15,21-24H,16H2,1H3. The van der Waals surface area contributed by atoms with Gasteiger partial charge in [-0.2, -0.15) is 0 Å². The fraction of sp³-hybridized carbons (Fsp3) is 0.143. The third-order valence-corrected chi connectivity index (χ3v) is 3.94. The Labute approximate surface area is 143 Å². The molecule has 3 aromatic rings. The van der Waals surface area contributed by atoms with Crippen LogP contribution in [-0.4, -0.2) is 13.2 Å². The first kappa shape index (κ1) is 15.9. The number of hydrogen-bond donors (Lipinski definition) is 3. The first-order valence-electron chi connectivity index (χ1n) is 8.24. The maximum Gasteiger partial charge on any atom is 0.101 e. The van der Waals surface area contributed by atoms with E-state index in [-0.39, 0.29) is 6.17 Å². The fourth-order valence-electron chi connectivity index (χ4n) is 2.77. The van der Waals surface area contributed by atoms with Gasteiger partial charge in [-0.1, -0.05) is 54.6 Å². The highest BCUT2D eigenvalue weighted by Crippen LogP contribution is 2.19. The molecule has 3 rings (SSSR count). The van der Waals surface area contributed by atoms with Crippen LogP contribution in [-0.2, 0) is 6.42 Å². The summed E-state index contributed by atoms with van der Waals surface area (Å²) in [5, 5.41) is 10.4. The molecule has 3 nitrogen and oxygen atoms in total. The average molecular weight is 317 g/mol. The molecule has 24 heavy (non-hydrogen) atoms. The van der Waals surface area contributed by atoms with Gasteiger partial charge in [0.2, 0.25) is 0 Å². The van der Waals surface area contributed by atoms with Gasteiger partial charge in [-0.15, -0.1) is 0 Å². The van der Waals surface area contributed by atoms with Gasteiger partial charge in [-0.25, -0.2) is 0 Å². The monoisotopic (exact) mass is 317 g/mol. The third kappa shape index (κ3) is 4.29. The van der Waals surface area contributed by atoms with Crippen LogP contribution in [0.4, 0.5) is 17.1 Å². The van der Waals surface area contributed by atoms with Crippen LogP contribution in [0.2, 0.25) is 0 Å². The van der Waals surface area contributed by atoms with Crippen molar-refractivity contribution in [1.82, 2.24) is 0 Å². The van der Waals surface area contributed by atoms with Crippen molar-refractivity contribution in [3.8, 4) is 0 Å². The number of para-hydroxylation sites is 3. The van der Waals surface area contributed by atoms with Gasteiger partial charge in [0.1, 0.15) is 6.17 Å². The molecule has 0 fully saturated rings. The lowest BCUT2D eigenvalue weighted by Crippen LogP contribution is -2.31. The van der Waals surface area contributed by atoms with Crippen molar-refractivity contribution in [2.75, 3.05) is 23.0 Å². The SMILES string of the molecule is CNc1ccccc1CC(Nc1ccccc1)Nc1ccccc1. The molecule has 0 aliphatic heterocycles. The number of rotatable bonds is 7. The van der Waals surface area contributed by atoms with Gasteiger partial charge in [-0.05, 0) is 35.9 Å². The van der Waals surface area contributed by atoms with Crippen LogP contribution in [0, 0.1) is 0 Å². The summed E-state index contributed by atoms with van der Waals surface area (Å²) in [6.07, 6.45) is 0.949. The van der Waals surface area contributed by atoms with Gasteiger partial charge >= 0.3 is 0 Å². The van der Waals surface area contributed by atoms with Crippen molar-refractivity contribution in [1.29, 1.82) is 0 Å². The molecule has 0 bridgehead atoms. The Hall–Kier alpha value is -2.94. The van der Waals surface area contributed by atoms with E-state index in [1.807, 2.05) is 43.4 Å². The molecule has 0 saturated heterocycles. The molecular weight excluding hydrogens is 294 g/mol. The average Bonchev–Trinajstić information content (AvgIpc) is 2.64. The zero-order valence-corrected chi connectivity index (χ0v) is 13.9. The minimum Gasteiger partial charge on any atom is -0.388 e. The van der Waals surface area contributed by atoms with Crippen molar-refractivity contribution in [2.24, 2.45) is 0 Å². The summed E-state index contributed by atoms with van der Waals surface area (Å²) >= 11 is 0. The lowest BCUT2D eigenvalue weighted by atomic mass is 10.1. The summed E-state index contributed by atoms with van der Waals surface area (Å²) in [7, 11) is 1.96. The Kier molecular flexibility index (Phi) is 5.36. The summed E-state index contributed by atoms with van der Waals surface area (Å²) in [4.78, 5) is 0. The Morgan fingerprint density at radius 1 is 0.667 bits per heavy atom. The molecule has 0 amide bonds. The molecule has 0 heterocycles. The van der Waals surface area contributed by atoms with Crippen LogP contribution in [0.1, 0.15) is 5.56 Å². The minimum atomic E-state index is 0.0873. The first-order chi connectivity index (χ1) is 11.8. The molecule has 0 aliphatic rings. The number of benzene rings is 3. The second-order valence-electron chi connectivity index (χ2n) is 5.68. The molecule has 3 heteroatoms. The Bertz CT molecular complexity index is 700. The van der Waals surface area contributed by atoms with Crippen molar-refractivity contribution in [3.63, 3.8) is 0 Å². The number of anilines is 3. The van der Waals surface area contributed by atoms with Gasteiger partial charge in [-0.3, -0.25) is 0 Å². The molecule has 3 aromatic carbocycles. The Balaban J connectivity index is 1.81. The summed E-state index contributed by atoms with van der Waals surface area (Å²) in [5.74, 6) is 0. The summed E-state index contributed by atoms with van der Waals surface area (Å²) in [5.41, 5.74) is 4.64. The first-order valence-corrected chi connectivity index (χ1v) is 8.24. The molecule has 3 N–H and O–H groups in total. The molecule has 0 radical (unpaired) electrons. The minimum absolute atomic E-state index is 0.0873. The normalized spacial score (nSPS) is 10.4. The number of hydrogen-bond acceptors (Lipinski definition) is 3. The van der Waals surface area contributed by atoms with Crippen molar-refractivity contribution >= 4 is 17.1 Å². The predicted octanol–water partition coefficient (Wildman–Crippen LogP) is 4.82. The Morgan fingerprint density at radius 3 is 1.71 bits per heavy atom. The van der Waals surface area contributed by atoms with E-state index >= 15 is 0 Å². The van der Waals surface area contributed by atoms with E-state index < -0.39 is 0 Å². The Morgan fingerprint density at radius 2 is 1.17 bits per heavy atom. The lowest BCUT2D eigenvalue weighted by molar-refractivity contribution is 0.806. The van der Waals surface area contributed by atoms with Gasteiger partial charge in [0.25, 0.3) is 0 Å². The van der Waals surface area contributed by atoms with Gasteiger partial charge in [0.05, 0.1) is 0 Å². The highest BCUT2D eigenvalue weighted by atomic mass is 15.1. The van der Waals surface area contributed by atoms with Crippen molar-refractivity contribution in [3.05, 3.63) is 90.5 Å². The topological polar surface area (TPSA) is 36.1 Å². The highest BCUT2D eigenvalue weighted by molar-refractivity contribution is 5.54.